The van der Waals surface area contributed by atoms with Crippen molar-refractivity contribution in [3.8, 4) is 0 Å². The van der Waals surface area contributed by atoms with E-state index in [-0.39, 0.29) is 22.6 Å². The first-order chi connectivity index (χ1) is 9.13. The van der Waals surface area contributed by atoms with Crippen molar-refractivity contribution in [3.05, 3.63) is 21.1 Å². The molecule has 0 aromatic carbocycles. The number of nitro groups is 1. The highest BCUT2D eigenvalue weighted by Crippen LogP contribution is 2.35. The largest absolute Gasteiger partial charge is 0.364 e. The van der Waals surface area contributed by atoms with Crippen LogP contribution in [-0.2, 0) is 0 Å². The SMILES string of the molecule is CCNc1nc(C2CCCCC2)nc(Cl)c1[N+](=O)[O-]. The van der Waals surface area contributed by atoms with Gasteiger partial charge in [-0.3, -0.25) is 10.1 Å². The van der Waals surface area contributed by atoms with Gasteiger partial charge < -0.3 is 5.32 Å². The van der Waals surface area contributed by atoms with Crippen molar-refractivity contribution < 1.29 is 4.92 Å². The minimum Gasteiger partial charge on any atom is -0.364 e. The first-order valence-corrected chi connectivity index (χ1v) is 6.97. The fourth-order valence-corrected chi connectivity index (χ4v) is 2.68. The maximum absolute atomic E-state index is 11.0. The predicted molar refractivity (Wildman–Crippen MR) is 73.7 cm³/mol. The number of nitrogens with zero attached hydrogens (tertiary/aromatic N) is 3. The van der Waals surface area contributed by atoms with Gasteiger partial charge in [-0.1, -0.05) is 30.9 Å². The molecule has 1 aliphatic carbocycles. The second-order valence-electron chi connectivity index (χ2n) is 4.69. The molecular weight excluding hydrogens is 268 g/mol. The zero-order chi connectivity index (χ0) is 13.8. The van der Waals surface area contributed by atoms with E-state index in [1.54, 1.807) is 0 Å². The van der Waals surface area contributed by atoms with Crippen LogP contribution in [0.1, 0.15) is 50.8 Å². The summed E-state index contributed by atoms with van der Waals surface area (Å²) in [6, 6.07) is 0. The average molecular weight is 285 g/mol. The van der Waals surface area contributed by atoms with Gasteiger partial charge in [0.05, 0.1) is 4.92 Å². The number of hydrogen-bond acceptors (Lipinski definition) is 5. The van der Waals surface area contributed by atoms with Gasteiger partial charge in [0.15, 0.2) is 0 Å². The lowest BCUT2D eigenvalue weighted by molar-refractivity contribution is -0.384. The van der Waals surface area contributed by atoms with Gasteiger partial charge in [-0.2, -0.15) is 0 Å². The van der Waals surface area contributed by atoms with Crippen molar-refractivity contribution >= 4 is 23.1 Å². The molecule has 0 saturated heterocycles. The molecule has 0 radical (unpaired) electrons. The molecule has 7 heteroatoms. The lowest BCUT2D eigenvalue weighted by Gasteiger charge is -2.20. The van der Waals surface area contributed by atoms with Crippen molar-refractivity contribution in [1.82, 2.24) is 9.97 Å². The topological polar surface area (TPSA) is 81.0 Å². The molecule has 104 valence electrons. The Hall–Kier alpha value is -1.43. The molecule has 0 amide bonds. The average Bonchev–Trinajstić information content (AvgIpc) is 2.39. The molecule has 0 aliphatic heterocycles. The molecule has 1 saturated carbocycles. The number of anilines is 1. The molecule has 1 aromatic heterocycles. The highest BCUT2D eigenvalue weighted by atomic mass is 35.5. The molecule has 1 aromatic rings. The Kier molecular flexibility index (Phi) is 4.52. The maximum Gasteiger partial charge on any atom is 0.348 e. The standard InChI is InChI=1S/C12H17ClN4O2/c1-2-14-12-9(17(18)19)10(13)15-11(16-12)8-6-4-3-5-7-8/h8H,2-7H2,1H3,(H,14,15,16). The normalized spacial score (nSPS) is 16.3. The fraction of sp³-hybridized carbons (Fsp3) is 0.667. The number of hydrogen-bond donors (Lipinski definition) is 1. The van der Waals surface area contributed by atoms with Crippen molar-refractivity contribution in [2.24, 2.45) is 0 Å². The van der Waals surface area contributed by atoms with Crippen molar-refractivity contribution in [1.29, 1.82) is 0 Å². The van der Waals surface area contributed by atoms with Gasteiger partial charge in [-0.05, 0) is 19.8 Å². The molecule has 1 heterocycles. The molecule has 2 rings (SSSR count). The lowest BCUT2D eigenvalue weighted by atomic mass is 9.89. The van der Waals surface area contributed by atoms with Gasteiger partial charge in [0.1, 0.15) is 5.82 Å². The Morgan fingerprint density at radius 3 is 2.63 bits per heavy atom. The van der Waals surface area contributed by atoms with Crippen LogP contribution in [0, 0.1) is 10.1 Å². The maximum atomic E-state index is 11.0. The second-order valence-corrected chi connectivity index (χ2v) is 5.05. The Labute approximate surface area is 116 Å². The van der Waals surface area contributed by atoms with Crippen LogP contribution in [0.15, 0.2) is 0 Å². The third-order valence-corrected chi connectivity index (χ3v) is 3.62. The Morgan fingerprint density at radius 2 is 2.05 bits per heavy atom. The number of halogens is 1. The van der Waals surface area contributed by atoms with Crippen LogP contribution >= 0.6 is 11.6 Å². The quantitative estimate of drug-likeness (QED) is 0.520. The molecular formula is C12H17ClN4O2. The van der Waals surface area contributed by atoms with Gasteiger partial charge in [-0.25, -0.2) is 9.97 Å². The molecule has 6 nitrogen and oxygen atoms in total. The molecule has 0 bridgehead atoms. The Bertz CT molecular complexity index is 475. The van der Waals surface area contributed by atoms with Crippen molar-refractivity contribution in [3.63, 3.8) is 0 Å². The summed E-state index contributed by atoms with van der Waals surface area (Å²) < 4.78 is 0. The molecule has 1 N–H and O–H groups in total. The summed E-state index contributed by atoms with van der Waals surface area (Å²) in [5, 5.41) is 13.8. The first kappa shape index (κ1) is 14.0. The molecule has 19 heavy (non-hydrogen) atoms. The monoisotopic (exact) mass is 284 g/mol. The smallest absolute Gasteiger partial charge is 0.348 e. The second kappa shape index (κ2) is 6.14. The van der Waals surface area contributed by atoms with Crippen LogP contribution < -0.4 is 5.32 Å². The molecule has 0 spiro atoms. The van der Waals surface area contributed by atoms with E-state index in [2.05, 4.69) is 15.3 Å². The first-order valence-electron chi connectivity index (χ1n) is 6.59. The third-order valence-electron chi connectivity index (χ3n) is 3.36. The van der Waals surface area contributed by atoms with Gasteiger partial charge in [0.2, 0.25) is 11.0 Å². The van der Waals surface area contributed by atoms with E-state index in [9.17, 15) is 10.1 Å². The van der Waals surface area contributed by atoms with Gasteiger partial charge in [0, 0.05) is 12.5 Å². The van der Waals surface area contributed by atoms with Crippen molar-refractivity contribution in [2.45, 2.75) is 44.9 Å². The molecule has 0 unspecified atom stereocenters. The Morgan fingerprint density at radius 1 is 1.37 bits per heavy atom. The summed E-state index contributed by atoms with van der Waals surface area (Å²) in [6.45, 7) is 2.41. The fourth-order valence-electron chi connectivity index (χ4n) is 2.44. The van der Waals surface area contributed by atoms with E-state index in [1.807, 2.05) is 6.92 Å². The summed E-state index contributed by atoms with van der Waals surface area (Å²) in [4.78, 5) is 18.9. The zero-order valence-electron chi connectivity index (χ0n) is 10.9. The number of nitrogens with one attached hydrogen (secondary N) is 1. The molecule has 1 fully saturated rings. The van der Waals surface area contributed by atoms with E-state index in [0.29, 0.717) is 12.4 Å². The van der Waals surface area contributed by atoms with E-state index in [4.69, 9.17) is 11.6 Å². The predicted octanol–water partition coefficient (Wildman–Crippen LogP) is 3.52. The number of rotatable bonds is 4. The van der Waals surface area contributed by atoms with E-state index in [0.717, 1.165) is 25.7 Å². The zero-order valence-corrected chi connectivity index (χ0v) is 11.6. The summed E-state index contributed by atoms with van der Waals surface area (Å²) in [5.74, 6) is 1.13. The molecule has 1 aliphatic rings. The summed E-state index contributed by atoms with van der Waals surface area (Å²) in [5.41, 5.74) is -0.233. The van der Waals surface area contributed by atoms with Crippen LogP contribution in [0.3, 0.4) is 0 Å². The van der Waals surface area contributed by atoms with Crippen LogP contribution in [0.5, 0.6) is 0 Å². The third kappa shape index (κ3) is 3.12. The molecule has 0 atom stereocenters. The van der Waals surface area contributed by atoms with Gasteiger partial charge >= 0.3 is 5.69 Å². The van der Waals surface area contributed by atoms with Crippen LogP contribution in [-0.4, -0.2) is 21.4 Å². The van der Waals surface area contributed by atoms with Crippen LogP contribution in [0.2, 0.25) is 5.15 Å². The minimum absolute atomic E-state index is 0.0727. The van der Waals surface area contributed by atoms with E-state index >= 15 is 0 Å². The minimum atomic E-state index is -0.537. The Balaban J connectivity index is 2.38. The van der Waals surface area contributed by atoms with E-state index in [1.165, 1.54) is 6.42 Å². The van der Waals surface area contributed by atoms with Gasteiger partial charge in [-0.15, -0.1) is 0 Å². The summed E-state index contributed by atoms with van der Waals surface area (Å²) in [6.07, 6.45) is 5.59. The summed E-state index contributed by atoms with van der Waals surface area (Å²) in [7, 11) is 0. The number of aromatic nitrogens is 2. The van der Waals surface area contributed by atoms with Gasteiger partial charge in [0.25, 0.3) is 0 Å². The highest BCUT2D eigenvalue weighted by Gasteiger charge is 2.26. The lowest BCUT2D eigenvalue weighted by Crippen LogP contribution is -2.13. The van der Waals surface area contributed by atoms with Crippen molar-refractivity contribution in [2.75, 3.05) is 11.9 Å². The van der Waals surface area contributed by atoms with Crippen LogP contribution in [0.4, 0.5) is 11.5 Å². The van der Waals surface area contributed by atoms with Crippen LogP contribution in [0.25, 0.3) is 0 Å². The highest BCUT2D eigenvalue weighted by molar-refractivity contribution is 6.31. The van der Waals surface area contributed by atoms with E-state index < -0.39 is 4.92 Å². The summed E-state index contributed by atoms with van der Waals surface area (Å²) >= 11 is 5.95.